The normalized spacial score (nSPS) is 14.9. The highest BCUT2D eigenvalue weighted by Crippen LogP contribution is 2.36. The van der Waals surface area contributed by atoms with Crippen molar-refractivity contribution >= 4 is 23.5 Å². The third-order valence-electron chi connectivity index (χ3n) is 7.84. The van der Waals surface area contributed by atoms with Crippen LogP contribution in [0.5, 0.6) is 0 Å². The summed E-state index contributed by atoms with van der Waals surface area (Å²) in [5, 5.41) is 0. The molecule has 4 aromatic rings. The number of rotatable bonds is 10. The molecule has 1 N–H and O–H groups in total. The number of anilines is 1. The van der Waals surface area contributed by atoms with E-state index < -0.39 is 0 Å². The monoisotopic (exact) mass is 586 g/mol. The van der Waals surface area contributed by atoms with Crippen LogP contribution < -0.4 is 9.62 Å². The Balaban J connectivity index is 0.00000198. The summed E-state index contributed by atoms with van der Waals surface area (Å²) < 4.78 is 19.4. The van der Waals surface area contributed by atoms with E-state index in [-0.39, 0.29) is 23.7 Å². The Kier molecular flexibility index (Phi) is 11.4. The van der Waals surface area contributed by atoms with Crippen molar-refractivity contribution in [1.29, 1.82) is 0 Å². The maximum Gasteiger partial charge on any atom is 0.227 e. The van der Waals surface area contributed by atoms with Gasteiger partial charge >= 0.3 is 0 Å². The molecule has 3 aromatic carbocycles. The van der Waals surface area contributed by atoms with E-state index in [2.05, 4.69) is 58.5 Å². The van der Waals surface area contributed by atoms with Crippen LogP contribution in [0.25, 0.3) is 0 Å². The second kappa shape index (κ2) is 15.2. The molecule has 0 saturated heterocycles. The molecule has 1 aromatic heterocycles. The number of hydrogen-bond acceptors (Lipinski definition) is 4. The van der Waals surface area contributed by atoms with Crippen molar-refractivity contribution in [2.45, 2.75) is 83.2 Å². The first-order valence-electron chi connectivity index (χ1n) is 15.1. The highest BCUT2D eigenvalue weighted by atomic mass is 32.2. The van der Waals surface area contributed by atoms with Crippen LogP contribution in [-0.4, -0.2) is 15.5 Å². The number of aryl methyl sites for hydroxylation is 2. The third-order valence-corrected chi connectivity index (χ3v) is 8.73. The van der Waals surface area contributed by atoms with Crippen molar-refractivity contribution in [1.82, 2.24) is 14.3 Å². The van der Waals surface area contributed by atoms with Crippen molar-refractivity contribution in [3.63, 3.8) is 0 Å². The topological polar surface area (TPSA) is 50.2 Å². The molecule has 0 spiro atoms. The van der Waals surface area contributed by atoms with Crippen LogP contribution >= 0.6 is 11.9 Å². The van der Waals surface area contributed by atoms with Crippen LogP contribution in [0, 0.1) is 5.82 Å². The number of hydrogen-bond donors (Lipinski definition) is 1. The third kappa shape index (κ3) is 7.69. The summed E-state index contributed by atoms with van der Waals surface area (Å²) in [6.07, 6.45) is 6.22. The number of amides is 1. The summed E-state index contributed by atoms with van der Waals surface area (Å²) in [6.45, 7) is 8.66. The van der Waals surface area contributed by atoms with Gasteiger partial charge in [0.2, 0.25) is 5.91 Å². The van der Waals surface area contributed by atoms with E-state index in [0.717, 1.165) is 53.3 Å². The second-order valence-electron chi connectivity index (χ2n) is 10.6. The van der Waals surface area contributed by atoms with Gasteiger partial charge in [0.25, 0.3) is 0 Å². The zero-order valence-corrected chi connectivity index (χ0v) is 26.3. The van der Waals surface area contributed by atoms with Gasteiger partial charge in [-0.1, -0.05) is 70.2 Å². The van der Waals surface area contributed by atoms with Gasteiger partial charge in [0.15, 0.2) is 0 Å². The van der Waals surface area contributed by atoms with Crippen molar-refractivity contribution < 1.29 is 9.18 Å². The summed E-state index contributed by atoms with van der Waals surface area (Å²) in [7, 11) is 2.02. The summed E-state index contributed by atoms with van der Waals surface area (Å²) in [5.41, 5.74) is 5.57. The van der Waals surface area contributed by atoms with Gasteiger partial charge in [0.05, 0.1) is 18.4 Å². The average Bonchev–Trinajstić information content (AvgIpc) is 3.38. The lowest BCUT2D eigenvalue weighted by Gasteiger charge is -2.30. The van der Waals surface area contributed by atoms with Crippen LogP contribution in [0.3, 0.4) is 0 Å². The van der Waals surface area contributed by atoms with E-state index in [9.17, 15) is 9.18 Å². The minimum atomic E-state index is -0.238. The molecule has 5 nitrogen and oxygen atoms in total. The molecule has 0 aliphatic heterocycles. The summed E-state index contributed by atoms with van der Waals surface area (Å²) in [6, 6.07) is 23.4. The number of carbonyl (C=O) groups is 1. The van der Waals surface area contributed by atoms with E-state index in [0.29, 0.717) is 13.0 Å². The van der Waals surface area contributed by atoms with Crippen LogP contribution in [0.4, 0.5) is 10.1 Å². The summed E-state index contributed by atoms with van der Waals surface area (Å²) in [4.78, 5) is 21.3. The molecule has 5 rings (SSSR count). The molecule has 0 saturated carbocycles. The molecule has 1 aliphatic rings. The molecule has 0 bridgehead atoms. The van der Waals surface area contributed by atoms with Gasteiger partial charge in [-0.05, 0) is 84.2 Å². The number of nitrogens with one attached hydrogen (secondary N) is 1. The molecule has 1 heterocycles. The SMILES string of the molecule is CC.CCc1ncc(CN(C(=O)C[C@H](C)c2ccccc2)c2ccc3c(c2)C(NSc2cccc(F)c2)CCC3)n1C. The van der Waals surface area contributed by atoms with Crippen molar-refractivity contribution in [2.24, 2.45) is 7.05 Å². The number of benzene rings is 3. The lowest BCUT2D eigenvalue weighted by Crippen LogP contribution is -2.32. The summed E-state index contributed by atoms with van der Waals surface area (Å²) in [5.74, 6) is 0.955. The number of imidazole rings is 1. The maximum atomic E-state index is 14.0. The Morgan fingerprint density at radius 3 is 2.62 bits per heavy atom. The number of halogens is 1. The fourth-order valence-electron chi connectivity index (χ4n) is 5.47. The number of aromatic nitrogens is 2. The number of nitrogens with zero attached hydrogens (tertiary/aromatic N) is 3. The molecule has 2 atom stereocenters. The average molecular weight is 587 g/mol. The zero-order chi connectivity index (χ0) is 30.1. The van der Waals surface area contributed by atoms with Gasteiger partial charge in [0, 0.05) is 36.5 Å². The van der Waals surface area contributed by atoms with Gasteiger partial charge in [-0.2, -0.15) is 0 Å². The molecule has 0 fully saturated rings. The predicted molar refractivity (Wildman–Crippen MR) is 172 cm³/mol. The Hall–Kier alpha value is -3.42. The fraction of sp³-hybridized carbons (Fsp3) is 0.371. The van der Waals surface area contributed by atoms with Gasteiger partial charge in [-0.3, -0.25) is 9.52 Å². The quantitative estimate of drug-likeness (QED) is 0.189. The molecule has 1 unspecified atom stereocenters. The van der Waals surface area contributed by atoms with Crippen molar-refractivity contribution in [2.75, 3.05) is 4.90 Å². The van der Waals surface area contributed by atoms with Crippen molar-refractivity contribution in [3.8, 4) is 0 Å². The van der Waals surface area contributed by atoms with Gasteiger partial charge in [-0.25, -0.2) is 9.37 Å². The Labute approximate surface area is 254 Å². The van der Waals surface area contributed by atoms with E-state index in [1.54, 1.807) is 12.1 Å². The number of fused-ring (bicyclic) bond motifs is 1. The molecule has 42 heavy (non-hydrogen) atoms. The smallest absolute Gasteiger partial charge is 0.227 e. The molecule has 7 heteroatoms. The van der Waals surface area contributed by atoms with E-state index in [1.807, 2.05) is 56.3 Å². The maximum absolute atomic E-state index is 14.0. The Bertz CT molecular complexity index is 1450. The van der Waals surface area contributed by atoms with Crippen LogP contribution in [0.1, 0.15) is 87.1 Å². The van der Waals surface area contributed by atoms with Crippen molar-refractivity contribution in [3.05, 3.63) is 113 Å². The van der Waals surface area contributed by atoms with E-state index >= 15 is 0 Å². The van der Waals surface area contributed by atoms with E-state index in [4.69, 9.17) is 0 Å². The lowest BCUT2D eigenvalue weighted by atomic mass is 9.87. The van der Waals surface area contributed by atoms with Crippen LogP contribution in [-0.2, 0) is 31.2 Å². The molecular weight excluding hydrogens is 543 g/mol. The fourth-order valence-corrected chi connectivity index (χ4v) is 6.31. The largest absolute Gasteiger partial charge is 0.334 e. The molecule has 1 aliphatic carbocycles. The minimum absolute atomic E-state index is 0.0880. The van der Waals surface area contributed by atoms with Gasteiger partial charge in [-0.15, -0.1) is 0 Å². The molecular formula is C35H43FN4OS. The zero-order valence-electron chi connectivity index (χ0n) is 25.4. The predicted octanol–water partition coefficient (Wildman–Crippen LogP) is 8.55. The first-order chi connectivity index (χ1) is 20.4. The Morgan fingerprint density at radius 2 is 1.90 bits per heavy atom. The Morgan fingerprint density at radius 1 is 1.12 bits per heavy atom. The standard InChI is InChI=1S/C33H37FN4OS.C2H6/c1-4-32-35-21-28(37(32)3)22-38(33(39)18-23(2)24-10-6-5-7-11-24)27-17-16-25-12-8-15-31(30(25)20-27)36-40-29-14-9-13-26(34)19-29;1-2/h5-7,9-11,13-14,16-17,19-21,23,31,36H,4,8,12,15,18,22H2,1-3H3;1-2H3/t23-,31?;/m0./s1. The minimum Gasteiger partial charge on any atom is -0.334 e. The summed E-state index contributed by atoms with van der Waals surface area (Å²) >= 11 is 1.46. The highest BCUT2D eigenvalue weighted by molar-refractivity contribution is 7.97. The second-order valence-corrected chi connectivity index (χ2v) is 11.5. The number of carbonyl (C=O) groups excluding carboxylic acids is 1. The molecule has 1 amide bonds. The highest BCUT2D eigenvalue weighted by Gasteiger charge is 2.25. The van der Waals surface area contributed by atoms with E-state index in [1.165, 1.54) is 29.1 Å². The first-order valence-corrected chi connectivity index (χ1v) is 15.9. The molecule has 0 radical (unpaired) electrons. The van der Waals surface area contributed by atoms with Gasteiger partial charge < -0.3 is 9.47 Å². The molecule has 222 valence electrons. The van der Waals surface area contributed by atoms with Crippen LogP contribution in [0.15, 0.2) is 83.9 Å². The van der Waals surface area contributed by atoms with Crippen LogP contribution in [0.2, 0.25) is 0 Å². The lowest BCUT2D eigenvalue weighted by molar-refractivity contribution is -0.119. The first kappa shape index (κ1) is 31.5. The van der Waals surface area contributed by atoms with Gasteiger partial charge in [0.1, 0.15) is 11.6 Å².